The van der Waals surface area contributed by atoms with Gasteiger partial charge in [0.15, 0.2) is 0 Å². The summed E-state index contributed by atoms with van der Waals surface area (Å²) in [5, 5.41) is 15.3. The molecule has 3 aromatic rings. The average Bonchev–Trinajstić information content (AvgIpc) is 2.87. The summed E-state index contributed by atoms with van der Waals surface area (Å²) < 4.78 is 1.62. The molecule has 1 N–H and O–H groups in total. The highest BCUT2D eigenvalue weighted by atomic mass is 16.3. The second-order valence-electron chi connectivity index (χ2n) is 5.85. The van der Waals surface area contributed by atoms with Crippen LogP contribution in [-0.4, -0.2) is 14.9 Å². The highest BCUT2D eigenvalue weighted by Crippen LogP contribution is 2.36. The van der Waals surface area contributed by atoms with Crippen molar-refractivity contribution in [2.24, 2.45) is 0 Å². The van der Waals surface area contributed by atoms with E-state index in [0.29, 0.717) is 0 Å². The highest BCUT2D eigenvalue weighted by Gasteiger charge is 2.21. The van der Waals surface area contributed by atoms with E-state index in [1.165, 1.54) is 5.56 Å². The van der Waals surface area contributed by atoms with Crippen LogP contribution in [0.4, 0.5) is 0 Å². The monoisotopic (exact) mass is 292 g/mol. The van der Waals surface area contributed by atoms with Crippen LogP contribution in [0.3, 0.4) is 0 Å². The van der Waals surface area contributed by atoms with Crippen LogP contribution in [-0.2, 0) is 0 Å². The van der Waals surface area contributed by atoms with Crippen molar-refractivity contribution in [2.75, 3.05) is 0 Å². The second-order valence-corrected chi connectivity index (χ2v) is 5.85. The summed E-state index contributed by atoms with van der Waals surface area (Å²) in [6.07, 6.45) is 0. The fraction of sp³-hybridized carbons (Fsp3) is 0.211. The van der Waals surface area contributed by atoms with Crippen LogP contribution in [0, 0.1) is 6.92 Å². The zero-order chi connectivity index (χ0) is 15.7. The third-order valence-electron chi connectivity index (χ3n) is 3.80. The second kappa shape index (κ2) is 5.68. The first-order chi connectivity index (χ1) is 10.6. The topological polar surface area (TPSA) is 38.0 Å². The third-order valence-corrected chi connectivity index (χ3v) is 3.80. The predicted octanol–water partition coefficient (Wildman–Crippen LogP) is 4.68. The summed E-state index contributed by atoms with van der Waals surface area (Å²) in [5.41, 5.74) is 4.79. The molecule has 22 heavy (non-hydrogen) atoms. The maximum Gasteiger partial charge on any atom is 0.218 e. The molecule has 0 saturated heterocycles. The van der Waals surface area contributed by atoms with Crippen LogP contribution in [0.15, 0.2) is 54.6 Å². The molecule has 0 atom stereocenters. The molecule has 1 aromatic heterocycles. The van der Waals surface area contributed by atoms with Crippen LogP contribution in [0.2, 0.25) is 0 Å². The molecular formula is C19H20N2O. The standard InChI is InChI=1S/C19H20N2O/c1-13(2)17-18(15-7-5-4-6-8-15)20-21(19(17)22)16-11-9-14(3)10-12-16/h4-13,22H,1-3H3. The van der Waals surface area contributed by atoms with Crippen molar-refractivity contribution in [2.45, 2.75) is 26.7 Å². The highest BCUT2D eigenvalue weighted by molar-refractivity contribution is 5.67. The number of benzene rings is 2. The van der Waals surface area contributed by atoms with Crippen molar-refractivity contribution in [1.82, 2.24) is 9.78 Å². The Labute approximate surface area is 130 Å². The first-order valence-corrected chi connectivity index (χ1v) is 7.52. The van der Waals surface area contributed by atoms with Crippen molar-refractivity contribution in [3.8, 4) is 22.8 Å². The van der Waals surface area contributed by atoms with Gasteiger partial charge in [-0.1, -0.05) is 61.9 Å². The summed E-state index contributed by atoms with van der Waals surface area (Å²) in [7, 11) is 0. The Hall–Kier alpha value is -2.55. The molecule has 3 nitrogen and oxygen atoms in total. The molecular weight excluding hydrogens is 272 g/mol. The van der Waals surface area contributed by atoms with E-state index >= 15 is 0 Å². The Morgan fingerprint density at radius 1 is 0.955 bits per heavy atom. The van der Waals surface area contributed by atoms with Crippen molar-refractivity contribution in [1.29, 1.82) is 0 Å². The smallest absolute Gasteiger partial charge is 0.218 e. The van der Waals surface area contributed by atoms with Gasteiger partial charge in [0, 0.05) is 11.1 Å². The zero-order valence-corrected chi connectivity index (χ0v) is 13.1. The van der Waals surface area contributed by atoms with Gasteiger partial charge in [0.1, 0.15) is 5.69 Å². The molecule has 3 rings (SSSR count). The Balaban J connectivity index is 2.19. The average molecular weight is 292 g/mol. The fourth-order valence-electron chi connectivity index (χ4n) is 2.63. The molecule has 3 heteroatoms. The summed E-state index contributed by atoms with van der Waals surface area (Å²) in [5.74, 6) is 0.409. The first-order valence-electron chi connectivity index (χ1n) is 7.52. The lowest BCUT2D eigenvalue weighted by Gasteiger charge is -2.07. The molecule has 0 saturated carbocycles. The molecule has 0 spiro atoms. The van der Waals surface area contributed by atoms with Gasteiger partial charge in [-0.3, -0.25) is 0 Å². The number of rotatable bonds is 3. The third kappa shape index (κ3) is 2.50. The lowest BCUT2D eigenvalue weighted by Crippen LogP contribution is -1.96. The van der Waals surface area contributed by atoms with E-state index in [1.807, 2.05) is 61.5 Å². The van der Waals surface area contributed by atoms with Crippen LogP contribution in [0.1, 0.15) is 30.9 Å². The summed E-state index contributed by atoms with van der Waals surface area (Å²) in [4.78, 5) is 0. The van der Waals surface area contributed by atoms with Crippen molar-refractivity contribution >= 4 is 0 Å². The molecule has 0 aliphatic carbocycles. The van der Waals surface area contributed by atoms with Crippen LogP contribution in [0.25, 0.3) is 16.9 Å². The Morgan fingerprint density at radius 2 is 1.59 bits per heavy atom. The Kier molecular flexibility index (Phi) is 3.72. The van der Waals surface area contributed by atoms with Gasteiger partial charge in [0.05, 0.1) is 5.69 Å². The van der Waals surface area contributed by atoms with Crippen LogP contribution >= 0.6 is 0 Å². The van der Waals surface area contributed by atoms with Gasteiger partial charge in [-0.15, -0.1) is 0 Å². The molecule has 112 valence electrons. The largest absolute Gasteiger partial charge is 0.493 e. The van der Waals surface area contributed by atoms with Gasteiger partial charge < -0.3 is 5.11 Å². The summed E-state index contributed by atoms with van der Waals surface area (Å²) in [6.45, 7) is 6.19. The SMILES string of the molecule is Cc1ccc(-n2nc(-c3ccccc3)c(C(C)C)c2O)cc1. The van der Waals surface area contributed by atoms with Gasteiger partial charge >= 0.3 is 0 Å². The van der Waals surface area contributed by atoms with Crippen molar-refractivity contribution in [3.05, 3.63) is 65.7 Å². The number of aromatic hydroxyl groups is 1. The normalized spacial score (nSPS) is 11.1. The zero-order valence-electron chi connectivity index (χ0n) is 13.1. The van der Waals surface area contributed by atoms with E-state index in [0.717, 1.165) is 22.5 Å². The lowest BCUT2D eigenvalue weighted by molar-refractivity contribution is 0.425. The van der Waals surface area contributed by atoms with E-state index in [-0.39, 0.29) is 11.8 Å². The quantitative estimate of drug-likeness (QED) is 0.761. The molecule has 1 heterocycles. The molecule has 0 aliphatic heterocycles. The van der Waals surface area contributed by atoms with E-state index in [2.05, 4.69) is 18.9 Å². The van der Waals surface area contributed by atoms with Crippen molar-refractivity contribution < 1.29 is 5.11 Å². The van der Waals surface area contributed by atoms with E-state index in [1.54, 1.807) is 4.68 Å². The molecule has 0 fully saturated rings. The summed E-state index contributed by atoms with van der Waals surface area (Å²) >= 11 is 0. The van der Waals surface area contributed by atoms with Crippen LogP contribution in [0.5, 0.6) is 5.88 Å². The van der Waals surface area contributed by atoms with Gasteiger partial charge in [0.25, 0.3) is 0 Å². The minimum Gasteiger partial charge on any atom is -0.493 e. The maximum absolute atomic E-state index is 10.7. The van der Waals surface area contributed by atoms with Gasteiger partial charge in [-0.2, -0.15) is 5.10 Å². The number of aryl methyl sites for hydroxylation is 1. The van der Waals surface area contributed by atoms with Crippen molar-refractivity contribution in [3.63, 3.8) is 0 Å². The lowest BCUT2D eigenvalue weighted by atomic mass is 9.99. The Bertz CT molecular complexity index is 771. The first kappa shape index (κ1) is 14.4. The number of hydrogen-bond donors (Lipinski definition) is 1. The minimum absolute atomic E-state index is 0.189. The van der Waals surface area contributed by atoms with Gasteiger partial charge in [0.2, 0.25) is 5.88 Å². The number of aromatic nitrogens is 2. The van der Waals surface area contributed by atoms with E-state index in [9.17, 15) is 5.11 Å². The summed E-state index contributed by atoms with van der Waals surface area (Å²) in [6, 6.07) is 18.0. The fourth-order valence-corrected chi connectivity index (χ4v) is 2.63. The molecule has 0 unspecified atom stereocenters. The molecule has 0 radical (unpaired) electrons. The molecule has 0 bridgehead atoms. The molecule has 0 amide bonds. The molecule has 0 aliphatic rings. The molecule has 2 aromatic carbocycles. The maximum atomic E-state index is 10.7. The minimum atomic E-state index is 0.189. The van der Waals surface area contributed by atoms with Crippen LogP contribution < -0.4 is 0 Å². The van der Waals surface area contributed by atoms with Gasteiger partial charge in [-0.05, 0) is 25.0 Å². The van der Waals surface area contributed by atoms with Gasteiger partial charge in [-0.25, -0.2) is 4.68 Å². The van der Waals surface area contributed by atoms with E-state index < -0.39 is 0 Å². The predicted molar refractivity (Wildman–Crippen MR) is 89.5 cm³/mol. The number of hydrogen-bond acceptors (Lipinski definition) is 2. The number of nitrogens with zero attached hydrogens (tertiary/aromatic N) is 2. The van der Waals surface area contributed by atoms with E-state index in [4.69, 9.17) is 0 Å². The Morgan fingerprint density at radius 3 is 2.18 bits per heavy atom.